The van der Waals surface area contributed by atoms with E-state index >= 15 is 0 Å². The van der Waals surface area contributed by atoms with Gasteiger partial charge in [-0.25, -0.2) is 4.98 Å². The van der Waals surface area contributed by atoms with Gasteiger partial charge in [0.2, 0.25) is 5.91 Å². The lowest BCUT2D eigenvalue weighted by molar-refractivity contribution is -0.141. The van der Waals surface area contributed by atoms with Gasteiger partial charge in [-0.2, -0.15) is 13.2 Å². The SMILES string of the molecule is NC(=O)C1CCNC2(C1)CC2Cc1ncc(C(F)(F)F)[nH]1. The molecule has 8 heteroatoms. The molecule has 2 heterocycles. The molecule has 0 radical (unpaired) electrons. The van der Waals surface area contributed by atoms with Crippen molar-refractivity contribution in [3.05, 3.63) is 17.7 Å². The van der Waals surface area contributed by atoms with Crippen LogP contribution in [0.5, 0.6) is 0 Å². The van der Waals surface area contributed by atoms with Gasteiger partial charge in [0.15, 0.2) is 0 Å². The number of nitrogens with two attached hydrogens (primary N) is 1. The molecule has 1 amide bonds. The van der Waals surface area contributed by atoms with E-state index in [2.05, 4.69) is 15.3 Å². The Morgan fingerprint density at radius 2 is 2.24 bits per heavy atom. The fourth-order valence-corrected chi connectivity index (χ4v) is 3.31. The van der Waals surface area contributed by atoms with E-state index in [1.54, 1.807) is 0 Å². The van der Waals surface area contributed by atoms with Crippen molar-refractivity contribution in [1.82, 2.24) is 15.3 Å². The van der Waals surface area contributed by atoms with E-state index in [-0.39, 0.29) is 23.3 Å². The van der Waals surface area contributed by atoms with Crippen molar-refractivity contribution in [3.8, 4) is 0 Å². The quantitative estimate of drug-likeness (QED) is 0.785. The molecule has 0 aromatic carbocycles. The van der Waals surface area contributed by atoms with E-state index < -0.39 is 11.9 Å². The zero-order valence-corrected chi connectivity index (χ0v) is 11.3. The molecule has 2 fully saturated rings. The summed E-state index contributed by atoms with van der Waals surface area (Å²) >= 11 is 0. The first-order valence-electron chi connectivity index (χ1n) is 6.95. The largest absolute Gasteiger partial charge is 0.432 e. The molecule has 1 aromatic rings. The van der Waals surface area contributed by atoms with Gasteiger partial charge in [-0.05, 0) is 31.7 Å². The van der Waals surface area contributed by atoms with Crippen LogP contribution >= 0.6 is 0 Å². The molecule has 4 N–H and O–H groups in total. The number of carbonyl (C=O) groups is 1. The smallest absolute Gasteiger partial charge is 0.369 e. The molecule has 1 aliphatic carbocycles. The number of hydrogen-bond donors (Lipinski definition) is 3. The molecule has 3 rings (SSSR count). The Morgan fingerprint density at radius 1 is 1.48 bits per heavy atom. The number of nitrogens with zero attached hydrogens (tertiary/aromatic N) is 1. The normalized spacial score (nSPS) is 32.3. The maximum absolute atomic E-state index is 12.5. The van der Waals surface area contributed by atoms with Gasteiger partial charge in [0.25, 0.3) is 0 Å². The number of nitrogens with one attached hydrogen (secondary N) is 2. The molecule has 116 valence electrons. The number of aromatic amines is 1. The molecule has 1 saturated carbocycles. The molecule has 1 spiro atoms. The van der Waals surface area contributed by atoms with Crippen LogP contribution in [-0.4, -0.2) is 28.0 Å². The average Bonchev–Trinajstić information content (AvgIpc) is 2.85. The zero-order chi connectivity index (χ0) is 15.3. The van der Waals surface area contributed by atoms with Gasteiger partial charge >= 0.3 is 6.18 Å². The predicted molar refractivity (Wildman–Crippen MR) is 68.1 cm³/mol. The minimum Gasteiger partial charge on any atom is -0.369 e. The molecule has 1 aromatic heterocycles. The first-order chi connectivity index (χ1) is 9.80. The van der Waals surface area contributed by atoms with E-state index in [0.717, 1.165) is 25.6 Å². The Bertz CT molecular complexity index is 556. The zero-order valence-electron chi connectivity index (χ0n) is 11.3. The molecule has 1 aliphatic heterocycles. The minimum atomic E-state index is -4.40. The van der Waals surface area contributed by atoms with E-state index in [4.69, 9.17) is 5.73 Å². The lowest BCUT2D eigenvalue weighted by Crippen LogP contribution is -2.45. The fourth-order valence-electron chi connectivity index (χ4n) is 3.31. The Hall–Kier alpha value is -1.57. The van der Waals surface area contributed by atoms with E-state index in [9.17, 15) is 18.0 Å². The van der Waals surface area contributed by atoms with Gasteiger partial charge < -0.3 is 16.0 Å². The van der Waals surface area contributed by atoms with Crippen LogP contribution in [0.25, 0.3) is 0 Å². The minimum absolute atomic E-state index is 0.140. The van der Waals surface area contributed by atoms with E-state index in [1.807, 2.05) is 0 Å². The number of hydrogen-bond acceptors (Lipinski definition) is 3. The number of imidazole rings is 1. The summed E-state index contributed by atoms with van der Waals surface area (Å²) in [5.41, 5.74) is 4.38. The second kappa shape index (κ2) is 4.72. The van der Waals surface area contributed by atoms with Crippen LogP contribution in [-0.2, 0) is 17.4 Å². The number of H-pyrrole nitrogens is 1. The summed E-state index contributed by atoms with van der Waals surface area (Å²) in [5, 5.41) is 3.39. The lowest BCUT2D eigenvalue weighted by atomic mass is 9.88. The molecule has 21 heavy (non-hydrogen) atoms. The van der Waals surface area contributed by atoms with Crippen LogP contribution in [0, 0.1) is 11.8 Å². The Morgan fingerprint density at radius 3 is 2.86 bits per heavy atom. The monoisotopic (exact) mass is 302 g/mol. The number of primary amides is 1. The van der Waals surface area contributed by atoms with Gasteiger partial charge in [0.1, 0.15) is 11.5 Å². The van der Waals surface area contributed by atoms with Gasteiger partial charge in [0, 0.05) is 17.9 Å². The van der Waals surface area contributed by atoms with Gasteiger partial charge in [-0.1, -0.05) is 0 Å². The molecular formula is C13H17F3N4O. The number of aromatic nitrogens is 2. The summed E-state index contributed by atoms with van der Waals surface area (Å²) < 4.78 is 37.5. The van der Waals surface area contributed by atoms with Crippen LogP contribution in [0.4, 0.5) is 13.2 Å². The van der Waals surface area contributed by atoms with Crippen LogP contribution in [0.2, 0.25) is 0 Å². The van der Waals surface area contributed by atoms with E-state index in [1.165, 1.54) is 0 Å². The molecule has 1 saturated heterocycles. The summed E-state index contributed by atoms with van der Waals surface area (Å²) in [6.07, 6.45) is -0.881. The molecule has 3 atom stereocenters. The van der Waals surface area contributed by atoms with Crippen molar-refractivity contribution >= 4 is 5.91 Å². The van der Waals surface area contributed by atoms with Crippen LogP contribution in [0.1, 0.15) is 30.8 Å². The lowest BCUT2D eigenvalue weighted by Gasteiger charge is -2.29. The van der Waals surface area contributed by atoms with Crippen molar-refractivity contribution in [3.63, 3.8) is 0 Å². The van der Waals surface area contributed by atoms with Gasteiger partial charge in [0.05, 0.1) is 6.20 Å². The third-order valence-corrected chi connectivity index (χ3v) is 4.59. The number of piperidine rings is 1. The number of halogens is 3. The fraction of sp³-hybridized carbons (Fsp3) is 0.692. The summed E-state index contributed by atoms with van der Waals surface area (Å²) in [6.45, 7) is 0.718. The number of rotatable bonds is 3. The van der Waals surface area contributed by atoms with Crippen molar-refractivity contribution in [2.45, 2.75) is 37.4 Å². The Kier molecular flexibility index (Phi) is 3.23. The van der Waals surface area contributed by atoms with Crippen molar-refractivity contribution in [2.24, 2.45) is 17.6 Å². The van der Waals surface area contributed by atoms with Gasteiger partial charge in [-0.15, -0.1) is 0 Å². The standard InChI is InChI=1S/C13H17F3N4O/c14-13(15,16)9-6-18-10(20-9)3-8-5-12(8)4-7(11(17)21)1-2-19-12/h6-8,19H,1-5H2,(H2,17,21)(H,18,20). The molecule has 2 aliphatic rings. The summed E-state index contributed by atoms with van der Waals surface area (Å²) in [7, 11) is 0. The Labute approximate surface area is 119 Å². The molecule has 5 nitrogen and oxygen atoms in total. The highest BCUT2D eigenvalue weighted by Gasteiger charge is 2.56. The Balaban J connectivity index is 1.63. The maximum Gasteiger partial charge on any atom is 0.432 e. The van der Waals surface area contributed by atoms with Crippen LogP contribution in [0.15, 0.2) is 6.20 Å². The highest BCUT2D eigenvalue weighted by atomic mass is 19.4. The van der Waals surface area contributed by atoms with Crippen LogP contribution < -0.4 is 11.1 Å². The maximum atomic E-state index is 12.5. The summed E-state index contributed by atoms with van der Waals surface area (Å²) in [4.78, 5) is 17.4. The predicted octanol–water partition coefficient (Wildman–Crippen LogP) is 1.21. The molecule has 0 bridgehead atoms. The van der Waals surface area contributed by atoms with Crippen molar-refractivity contribution in [2.75, 3.05) is 6.54 Å². The summed E-state index contributed by atoms with van der Waals surface area (Å²) in [6, 6.07) is 0. The first kappa shape index (κ1) is 14.4. The van der Waals surface area contributed by atoms with Crippen molar-refractivity contribution < 1.29 is 18.0 Å². The topological polar surface area (TPSA) is 83.8 Å². The second-order valence-electron chi connectivity index (χ2n) is 6.02. The number of carbonyl (C=O) groups excluding carboxylic acids is 1. The highest BCUT2D eigenvalue weighted by molar-refractivity contribution is 5.77. The number of amides is 1. The summed E-state index contributed by atoms with van der Waals surface area (Å²) in [5.74, 6) is 0.108. The number of alkyl halides is 3. The second-order valence-corrected chi connectivity index (χ2v) is 6.02. The third-order valence-electron chi connectivity index (χ3n) is 4.59. The van der Waals surface area contributed by atoms with Gasteiger partial charge in [-0.3, -0.25) is 4.79 Å². The third kappa shape index (κ3) is 2.76. The molecule has 3 unspecified atom stereocenters. The first-order valence-corrected chi connectivity index (χ1v) is 6.95. The molecular weight excluding hydrogens is 285 g/mol. The van der Waals surface area contributed by atoms with Crippen LogP contribution in [0.3, 0.4) is 0 Å². The van der Waals surface area contributed by atoms with Crippen molar-refractivity contribution in [1.29, 1.82) is 0 Å². The van der Waals surface area contributed by atoms with E-state index in [0.29, 0.717) is 18.7 Å². The average molecular weight is 302 g/mol. The highest BCUT2D eigenvalue weighted by Crippen LogP contribution is 2.51.